The molecule has 136 valence electrons. The van der Waals surface area contributed by atoms with Gasteiger partial charge in [0.25, 0.3) is 5.91 Å². The highest BCUT2D eigenvalue weighted by molar-refractivity contribution is 7.22. The molecular weight excluding hydrogens is 388 g/mol. The van der Waals surface area contributed by atoms with E-state index in [0.29, 0.717) is 15.8 Å². The molecule has 2 aromatic heterocycles. The van der Waals surface area contributed by atoms with Crippen molar-refractivity contribution in [2.24, 2.45) is 0 Å². The average Bonchev–Trinajstić information content (AvgIpc) is 3.32. The third-order valence-corrected chi connectivity index (χ3v) is 6.93. The van der Waals surface area contributed by atoms with Gasteiger partial charge in [-0.2, -0.15) is 0 Å². The molecule has 1 aliphatic rings. The molecule has 0 aliphatic carbocycles. The number of nitrogens with zero attached hydrogens (tertiary/aromatic N) is 2. The summed E-state index contributed by atoms with van der Waals surface area (Å²) in [5, 5.41) is 0.721. The van der Waals surface area contributed by atoms with Crippen LogP contribution in [0.25, 0.3) is 10.2 Å². The van der Waals surface area contributed by atoms with E-state index in [0.717, 1.165) is 34.8 Å². The number of halogens is 1. The van der Waals surface area contributed by atoms with Crippen LogP contribution in [0.4, 0.5) is 5.13 Å². The molecule has 0 radical (unpaired) electrons. The Bertz CT molecular complexity index is 960. The summed E-state index contributed by atoms with van der Waals surface area (Å²) in [7, 11) is 0. The van der Waals surface area contributed by atoms with Gasteiger partial charge in [0.1, 0.15) is 0 Å². The van der Waals surface area contributed by atoms with Gasteiger partial charge in [0.05, 0.1) is 32.1 Å². The van der Waals surface area contributed by atoms with E-state index in [4.69, 9.17) is 21.3 Å². The molecule has 1 unspecified atom stereocenters. The number of fused-ring (bicyclic) bond motifs is 1. The second-order valence-corrected chi connectivity index (χ2v) is 9.27. The smallest absolute Gasteiger partial charge is 0.270 e. The number of ether oxygens (including phenoxy) is 1. The largest absolute Gasteiger partial charge is 0.376 e. The van der Waals surface area contributed by atoms with Gasteiger partial charge in [-0.05, 0) is 56.0 Å². The second kappa shape index (κ2) is 7.27. The van der Waals surface area contributed by atoms with Gasteiger partial charge in [0.15, 0.2) is 5.13 Å². The first kappa shape index (κ1) is 17.9. The monoisotopic (exact) mass is 406 g/mol. The van der Waals surface area contributed by atoms with Gasteiger partial charge in [-0.1, -0.05) is 29.0 Å². The number of hydrogen-bond acceptors (Lipinski definition) is 5. The molecule has 1 saturated heterocycles. The normalized spacial score (nSPS) is 17.1. The Labute approximate surface area is 165 Å². The lowest BCUT2D eigenvalue weighted by Crippen LogP contribution is -2.37. The van der Waals surface area contributed by atoms with Gasteiger partial charge in [-0.25, -0.2) is 4.98 Å². The van der Waals surface area contributed by atoms with Crippen molar-refractivity contribution in [3.05, 3.63) is 44.6 Å². The van der Waals surface area contributed by atoms with Crippen LogP contribution in [-0.4, -0.2) is 30.1 Å². The Morgan fingerprint density at radius 1 is 1.35 bits per heavy atom. The van der Waals surface area contributed by atoms with Crippen LogP contribution in [0.3, 0.4) is 0 Å². The van der Waals surface area contributed by atoms with Crippen LogP contribution >= 0.6 is 34.3 Å². The van der Waals surface area contributed by atoms with Gasteiger partial charge in [0, 0.05) is 6.61 Å². The van der Waals surface area contributed by atoms with Crippen LogP contribution in [0.1, 0.15) is 33.6 Å². The topological polar surface area (TPSA) is 42.4 Å². The third-order valence-electron chi connectivity index (χ3n) is 4.48. The second-order valence-electron chi connectivity index (χ2n) is 6.58. The lowest BCUT2D eigenvalue weighted by Gasteiger charge is -2.22. The maximum Gasteiger partial charge on any atom is 0.270 e. The van der Waals surface area contributed by atoms with E-state index in [9.17, 15) is 4.79 Å². The van der Waals surface area contributed by atoms with Crippen molar-refractivity contribution in [1.82, 2.24) is 4.98 Å². The van der Waals surface area contributed by atoms with Gasteiger partial charge >= 0.3 is 0 Å². The molecule has 3 aromatic rings. The van der Waals surface area contributed by atoms with Crippen molar-refractivity contribution in [2.75, 3.05) is 18.1 Å². The number of amides is 1. The fraction of sp³-hybridized carbons (Fsp3) is 0.368. The summed E-state index contributed by atoms with van der Waals surface area (Å²) < 4.78 is 7.51. The van der Waals surface area contributed by atoms with E-state index >= 15 is 0 Å². The average molecular weight is 407 g/mol. The Morgan fingerprint density at radius 3 is 2.88 bits per heavy atom. The molecule has 1 amide bonds. The number of aromatic nitrogens is 1. The summed E-state index contributed by atoms with van der Waals surface area (Å²) in [5.74, 6) is -0.0640. The van der Waals surface area contributed by atoms with Crippen molar-refractivity contribution in [2.45, 2.75) is 32.8 Å². The predicted molar refractivity (Wildman–Crippen MR) is 109 cm³/mol. The number of rotatable bonds is 4. The maximum absolute atomic E-state index is 13.2. The Balaban J connectivity index is 1.74. The van der Waals surface area contributed by atoms with Crippen LogP contribution < -0.4 is 4.90 Å². The third kappa shape index (κ3) is 3.51. The number of hydrogen-bond donors (Lipinski definition) is 0. The van der Waals surface area contributed by atoms with Crippen molar-refractivity contribution >= 4 is 55.5 Å². The first-order valence-corrected chi connectivity index (χ1v) is 10.6. The zero-order valence-corrected chi connectivity index (χ0v) is 17.0. The van der Waals surface area contributed by atoms with Gasteiger partial charge in [-0.3, -0.25) is 9.69 Å². The molecular formula is C19H19ClN2O2S2. The van der Waals surface area contributed by atoms with Crippen LogP contribution in [-0.2, 0) is 4.74 Å². The quantitative estimate of drug-likeness (QED) is 0.578. The van der Waals surface area contributed by atoms with E-state index in [1.165, 1.54) is 22.5 Å². The van der Waals surface area contributed by atoms with E-state index in [1.807, 2.05) is 0 Å². The molecule has 0 spiro atoms. The Morgan fingerprint density at radius 2 is 2.19 bits per heavy atom. The SMILES string of the molecule is Cc1cc(C)c2sc(N(CC3CCCO3)C(=O)c3ccc(Cl)s3)nc2c1. The highest BCUT2D eigenvalue weighted by atomic mass is 35.5. The Hall–Kier alpha value is -1.47. The van der Waals surface area contributed by atoms with Crippen LogP contribution in [0.5, 0.6) is 0 Å². The fourth-order valence-electron chi connectivity index (χ4n) is 3.28. The van der Waals surface area contributed by atoms with Crippen molar-refractivity contribution in [1.29, 1.82) is 0 Å². The Kier molecular flexibility index (Phi) is 5.01. The van der Waals surface area contributed by atoms with Gasteiger partial charge < -0.3 is 4.74 Å². The number of aryl methyl sites for hydroxylation is 2. The predicted octanol–water partition coefficient (Wildman–Crippen LogP) is 5.45. The number of thiophene rings is 1. The highest BCUT2D eigenvalue weighted by Gasteiger charge is 2.28. The molecule has 26 heavy (non-hydrogen) atoms. The number of anilines is 1. The van der Waals surface area contributed by atoms with Gasteiger partial charge in [-0.15, -0.1) is 11.3 Å². The summed E-state index contributed by atoms with van der Waals surface area (Å²) in [6.45, 7) is 5.43. The van der Waals surface area contributed by atoms with Gasteiger partial charge in [0.2, 0.25) is 0 Å². The lowest BCUT2D eigenvalue weighted by atomic mass is 10.1. The molecule has 1 aliphatic heterocycles. The molecule has 1 fully saturated rings. The maximum atomic E-state index is 13.2. The number of carbonyl (C=O) groups excluding carboxylic acids is 1. The molecule has 0 N–H and O–H groups in total. The van der Waals surface area contributed by atoms with Crippen molar-refractivity contribution in [3.63, 3.8) is 0 Å². The van der Waals surface area contributed by atoms with E-state index in [-0.39, 0.29) is 12.0 Å². The number of carbonyl (C=O) groups is 1. The van der Waals surface area contributed by atoms with Crippen LogP contribution in [0, 0.1) is 13.8 Å². The summed E-state index contributed by atoms with van der Waals surface area (Å²) in [4.78, 5) is 20.3. The minimum atomic E-state index is -0.0640. The van der Waals surface area contributed by atoms with Crippen molar-refractivity contribution in [3.8, 4) is 0 Å². The number of benzene rings is 1. The summed E-state index contributed by atoms with van der Waals surface area (Å²) in [5.41, 5.74) is 3.30. The molecule has 0 saturated carbocycles. The molecule has 1 atom stereocenters. The molecule has 1 aromatic carbocycles. The molecule has 0 bridgehead atoms. The first-order valence-electron chi connectivity index (χ1n) is 8.58. The number of thiazole rings is 1. The highest BCUT2D eigenvalue weighted by Crippen LogP contribution is 2.34. The molecule has 4 rings (SSSR count). The fourth-order valence-corrected chi connectivity index (χ4v) is 5.30. The van der Waals surface area contributed by atoms with Crippen LogP contribution in [0.2, 0.25) is 4.34 Å². The van der Waals surface area contributed by atoms with E-state index < -0.39 is 0 Å². The zero-order chi connectivity index (χ0) is 18.3. The zero-order valence-electron chi connectivity index (χ0n) is 14.6. The molecule has 7 heteroatoms. The summed E-state index contributed by atoms with van der Waals surface area (Å²) >= 11 is 8.90. The van der Waals surface area contributed by atoms with E-state index in [1.54, 1.807) is 28.4 Å². The van der Waals surface area contributed by atoms with Crippen molar-refractivity contribution < 1.29 is 9.53 Å². The van der Waals surface area contributed by atoms with E-state index in [2.05, 4.69) is 26.0 Å². The first-order chi connectivity index (χ1) is 12.5. The standard InChI is InChI=1S/C19H19ClN2O2S2/c1-11-8-12(2)17-14(9-11)21-19(26-17)22(10-13-4-3-7-24-13)18(23)15-5-6-16(20)25-15/h5-6,8-9,13H,3-4,7,10H2,1-2H3. The molecule has 4 nitrogen and oxygen atoms in total. The molecule has 3 heterocycles. The summed E-state index contributed by atoms with van der Waals surface area (Å²) in [6.07, 6.45) is 2.07. The lowest BCUT2D eigenvalue weighted by molar-refractivity contribution is 0.0920. The summed E-state index contributed by atoms with van der Waals surface area (Å²) in [6, 6.07) is 7.75. The minimum Gasteiger partial charge on any atom is -0.376 e. The van der Waals surface area contributed by atoms with Crippen LogP contribution in [0.15, 0.2) is 24.3 Å². The minimum absolute atomic E-state index is 0.0595.